The Hall–Kier alpha value is -2.40. The van der Waals surface area contributed by atoms with E-state index in [4.69, 9.17) is 4.74 Å². The van der Waals surface area contributed by atoms with E-state index in [1.807, 2.05) is 6.07 Å². The van der Waals surface area contributed by atoms with Gasteiger partial charge in [0.1, 0.15) is 6.10 Å². The maximum atomic E-state index is 12.2. The lowest BCUT2D eigenvalue weighted by atomic mass is 10.1. The van der Waals surface area contributed by atoms with Crippen LogP contribution in [0.15, 0.2) is 77.0 Å². The highest BCUT2D eigenvalue weighted by molar-refractivity contribution is 7.94. The second-order valence-electron chi connectivity index (χ2n) is 4.63. The van der Waals surface area contributed by atoms with Crippen molar-refractivity contribution >= 4 is 15.8 Å². The van der Waals surface area contributed by atoms with Gasteiger partial charge in [-0.1, -0.05) is 48.5 Å². The summed E-state index contributed by atoms with van der Waals surface area (Å²) in [5, 5.41) is 1.07. The molecule has 0 aliphatic carbocycles. The van der Waals surface area contributed by atoms with Gasteiger partial charge in [0.05, 0.1) is 4.90 Å². The first-order chi connectivity index (χ1) is 10.5. The van der Waals surface area contributed by atoms with Crippen LogP contribution in [0.2, 0.25) is 0 Å². The molecule has 114 valence electrons. The fraction of sp³-hybridized carbons (Fsp3) is 0.118. The fourth-order valence-electron chi connectivity index (χ4n) is 1.90. The molecule has 0 radical (unpaired) electrons. The van der Waals surface area contributed by atoms with Crippen molar-refractivity contribution in [1.82, 2.24) is 0 Å². The summed E-state index contributed by atoms with van der Waals surface area (Å²) in [7, 11) is -3.57. The summed E-state index contributed by atoms with van der Waals surface area (Å²) < 4.78 is 29.6. The van der Waals surface area contributed by atoms with Gasteiger partial charge in [-0.2, -0.15) is 0 Å². The van der Waals surface area contributed by atoms with E-state index in [9.17, 15) is 13.2 Å². The average Bonchev–Trinajstić information content (AvgIpc) is 2.53. The van der Waals surface area contributed by atoms with Gasteiger partial charge in [-0.3, -0.25) is 4.79 Å². The summed E-state index contributed by atoms with van der Waals surface area (Å²) in [4.78, 5) is 11.4. The summed E-state index contributed by atoms with van der Waals surface area (Å²) in [6.07, 6.45) is 0.635. The summed E-state index contributed by atoms with van der Waals surface area (Å²) in [5.74, 6) is -0.476. The number of ether oxygens (including phenoxy) is 1. The molecule has 0 aliphatic heterocycles. The Kier molecular flexibility index (Phi) is 5.12. The molecule has 0 heterocycles. The van der Waals surface area contributed by atoms with Crippen molar-refractivity contribution in [2.24, 2.45) is 0 Å². The predicted molar refractivity (Wildman–Crippen MR) is 83.7 cm³/mol. The van der Waals surface area contributed by atoms with E-state index in [0.29, 0.717) is 5.56 Å². The minimum atomic E-state index is -3.57. The molecule has 22 heavy (non-hydrogen) atoms. The van der Waals surface area contributed by atoms with E-state index >= 15 is 0 Å². The maximum Gasteiger partial charge on any atom is 0.303 e. The first-order valence-electron chi connectivity index (χ1n) is 6.69. The summed E-state index contributed by atoms with van der Waals surface area (Å²) in [6.45, 7) is 1.29. The van der Waals surface area contributed by atoms with Gasteiger partial charge in [0.2, 0.25) is 0 Å². The van der Waals surface area contributed by atoms with E-state index in [0.717, 1.165) is 5.41 Å². The van der Waals surface area contributed by atoms with Gasteiger partial charge in [-0.15, -0.1) is 0 Å². The molecule has 0 saturated heterocycles. The lowest BCUT2D eigenvalue weighted by molar-refractivity contribution is -0.144. The Morgan fingerprint density at radius 2 is 1.55 bits per heavy atom. The normalized spacial score (nSPS) is 13.0. The number of rotatable bonds is 5. The van der Waals surface area contributed by atoms with E-state index in [1.165, 1.54) is 25.1 Å². The topological polar surface area (TPSA) is 60.4 Å². The lowest BCUT2D eigenvalue weighted by Gasteiger charge is -2.13. The second kappa shape index (κ2) is 7.04. The molecule has 0 N–H and O–H groups in total. The average molecular weight is 316 g/mol. The maximum absolute atomic E-state index is 12.2. The molecule has 0 fully saturated rings. The third kappa shape index (κ3) is 4.30. The van der Waals surface area contributed by atoms with Crippen molar-refractivity contribution in [3.63, 3.8) is 0 Å². The quantitative estimate of drug-likeness (QED) is 0.794. The van der Waals surface area contributed by atoms with Crippen LogP contribution in [0.4, 0.5) is 0 Å². The Morgan fingerprint density at radius 1 is 1.00 bits per heavy atom. The molecule has 1 atom stereocenters. The van der Waals surface area contributed by atoms with E-state index in [-0.39, 0.29) is 4.90 Å². The third-order valence-electron chi connectivity index (χ3n) is 2.93. The molecule has 0 amide bonds. The molecule has 1 unspecified atom stereocenters. The largest absolute Gasteiger partial charge is 0.453 e. The highest BCUT2D eigenvalue weighted by Gasteiger charge is 2.14. The number of hydrogen-bond donors (Lipinski definition) is 0. The second-order valence-corrected chi connectivity index (χ2v) is 6.46. The standard InChI is InChI=1S/C17H16O4S/c1-14(18)21-17(15-8-4-2-5-9-15)12-13-22(19,20)16-10-6-3-7-11-16/h2-13,17H,1H3/b13-12+. The van der Waals surface area contributed by atoms with Crippen LogP contribution in [0.3, 0.4) is 0 Å². The molecule has 0 spiro atoms. The number of carbonyl (C=O) groups is 1. The highest BCUT2D eigenvalue weighted by Crippen LogP contribution is 2.21. The molecular formula is C17H16O4S. The van der Waals surface area contributed by atoms with Gasteiger partial charge in [0.15, 0.2) is 9.84 Å². The SMILES string of the molecule is CC(=O)OC(/C=C/S(=O)(=O)c1ccccc1)c1ccccc1. The molecule has 0 aromatic heterocycles. The zero-order valence-electron chi connectivity index (χ0n) is 12.0. The summed E-state index contributed by atoms with van der Waals surface area (Å²) in [6, 6.07) is 17.1. The van der Waals surface area contributed by atoms with Crippen molar-refractivity contribution < 1.29 is 17.9 Å². The molecule has 2 aromatic carbocycles. The number of esters is 1. The molecule has 2 aromatic rings. The van der Waals surface area contributed by atoms with Crippen LogP contribution in [0.1, 0.15) is 18.6 Å². The minimum absolute atomic E-state index is 0.195. The highest BCUT2D eigenvalue weighted by atomic mass is 32.2. The summed E-state index contributed by atoms with van der Waals surface area (Å²) in [5.41, 5.74) is 0.706. The molecule has 0 saturated carbocycles. The number of carbonyl (C=O) groups excluding carboxylic acids is 1. The Labute approximate surface area is 130 Å². The van der Waals surface area contributed by atoms with Crippen molar-refractivity contribution in [2.45, 2.75) is 17.9 Å². The monoisotopic (exact) mass is 316 g/mol. The van der Waals surface area contributed by atoms with Gasteiger partial charge < -0.3 is 4.74 Å². The molecule has 0 aliphatic rings. The van der Waals surface area contributed by atoms with Crippen LogP contribution in [0, 0.1) is 0 Å². The van der Waals surface area contributed by atoms with Crippen LogP contribution in [0.25, 0.3) is 0 Å². The fourth-order valence-corrected chi connectivity index (χ4v) is 2.95. The van der Waals surface area contributed by atoms with Crippen molar-refractivity contribution in [3.8, 4) is 0 Å². The molecule has 0 bridgehead atoms. The number of sulfone groups is 1. The van der Waals surface area contributed by atoms with Gasteiger partial charge in [-0.25, -0.2) is 8.42 Å². The predicted octanol–water partition coefficient (Wildman–Crippen LogP) is 3.28. The van der Waals surface area contributed by atoms with Crippen LogP contribution in [-0.4, -0.2) is 14.4 Å². The van der Waals surface area contributed by atoms with Crippen LogP contribution < -0.4 is 0 Å². The van der Waals surface area contributed by atoms with Gasteiger partial charge >= 0.3 is 5.97 Å². The Bertz CT molecular complexity index is 750. The van der Waals surface area contributed by atoms with Crippen molar-refractivity contribution in [3.05, 3.63) is 77.7 Å². The molecule has 5 heteroatoms. The molecule has 2 rings (SSSR count). The molecular weight excluding hydrogens is 300 g/mol. The van der Waals surface area contributed by atoms with Crippen LogP contribution in [0.5, 0.6) is 0 Å². The smallest absolute Gasteiger partial charge is 0.303 e. The Morgan fingerprint density at radius 3 is 2.09 bits per heavy atom. The van der Waals surface area contributed by atoms with Gasteiger partial charge in [-0.05, 0) is 23.8 Å². The Balaban J connectivity index is 2.29. The van der Waals surface area contributed by atoms with Crippen LogP contribution in [-0.2, 0) is 19.4 Å². The molecule has 4 nitrogen and oxygen atoms in total. The zero-order valence-corrected chi connectivity index (χ0v) is 12.9. The third-order valence-corrected chi connectivity index (χ3v) is 4.37. The van der Waals surface area contributed by atoms with Gasteiger partial charge in [0, 0.05) is 12.3 Å². The van der Waals surface area contributed by atoms with Crippen LogP contribution >= 0.6 is 0 Å². The van der Waals surface area contributed by atoms with E-state index in [1.54, 1.807) is 42.5 Å². The first-order valence-corrected chi connectivity index (χ1v) is 8.24. The van der Waals surface area contributed by atoms with E-state index in [2.05, 4.69) is 0 Å². The lowest BCUT2D eigenvalue weighted by Crippen LogP contribution is -2.07. The first kappa shape index (κ1) is 16.0. The van der Waals surface area contributed by atoms with Crippen molar-refractivity contribution in [1.29, 1.82) is 0 Å². The van der Waals surface area contributed by atoms with Crippen molar-refractivity contribution in [2.75, 3.05) is 0 Å². The number of hydrogen-bond acceptors (Lipinski definition) is 4. The summed E-state index contributed by atoms with van der Waals surface area (Å²) >= 11 is 0. The minimum Gasteiger partial charge on any atom is -0.453 e. The zero-order chi connectivity index (χ0) is 16.0. The van der Waals surface area contributed by atoms with Gasteiger partial charge in [0.25, 0.3) is 0 Å². The van der Waals surface area contributed by atoms with E-state index < -0.39 is 21.9 Å². The number of benzene rings is 2.